The van der Waals surface area contributed by atoms with E-state index in [1.807, 2.05) is 6.07 Å². The molecule has 150 valence electrons. The van der Waals surface area contributed by atoms with Crippen LogP contribution in [0.25, 0.3) is 0 Å². The average molecular weight is 379 g/mol. The molecule has 7 heteroatoms. The minimum atomic E-state index is -0.489. The molecule has 0 spiro atoms. The highest BCUT2D eigenvalue weighted by molar-refractivity contribution is 5.83. The van der Waals surface area contributed by atoms with E-state index in [4.69, 9.17) is 9.47 Å². The van der Waals surface area contributed by atoms with E-state index in [0.29, 0.717) is 26.4 Å². The molecule has 3 rings (SSSR count). The lowest BCUT2D eigenvalue weighted by Crippen LogP contribution is -2.52. The van der Waals surface area contributed by atoms with E-state index in [9.17, 15) is 9.18 Å². The number of ether oxygens (including phenoxy) is 2. The number of methoxy groups -OCH3 is 1. The van der Waals surface area contributed by atoms with Crippen LogP contribution >= 0.6 is 0 Å². The molecule has 2 N–H and O–H groups in total. The Morgan fingerprint density at radius 3 is 2.78 bits per heavy atom. The number of carbonyl (C=O) groups excluding carboxylic acids is 1. The topological polar surface area (TPSA) is 62.8 Å². The number of morpholine rings is 1. The zero-order valence-electron chi connectivity index (χ0n) is 16.0. The molecule has 0 radical (unpaired) electrons. The van der Waals surface area contributed by atoms with Crippen molar-refractivity contribution in [1.29, 1.82) is 0 Å². The fourth-order valence-corrected chi connectivity index (χ4v) is 4.06. The van der Waals surface area contributed by atoms with Crippen LogP contribution in [0.5, 0.6) is 0 Å². The molecule has 1 aromatic carbocycles. The van der Waals surface area contributed by atoms with Gasteiger partial charge in [-0.25, -0.2) is 4.39 Å². The van der Waals surface area contributed by atoms with Crippen molar-refractivity contribution < 1.29 is 18.7 Å². The second-order valence-corrected chi connectivity index (χ2v) is 7.39. The zero-order chi connectivity index (χ0) is 19.1. The van der Waals surface area contributed by atoms with E-state index in [1.54, 1.807) is 19.2 Å². The van der Waals surface area contributed by atoms with Gasteiger partial charge >= 0.3 is 0 Å². The maximum Gasteiger partial charge on any atom is 0.228 e. The van der Waals surface area contributed by atoms with Gasteiger partial charge in [0.1, 0.15) is 5.82 Å². The summed E-state index contributed by atoms with van der Waals surface area (Å²) in [5, 5.41) is 6.44. The number of nitrogens with one attached hydrogen (secondary N) is 2. The summed E-state index contributed by atoms with van der Waals surface area (Å²) in [6.45, 7) is 5.33. The van der Waals surface area contributed by atoms with Gasteiger partial charge in [0, 0.05) is 26.7 Å². The van der Waals surface area contributed by atoms with Crippen molar-refractivity contribution in [3.05, 3.63) is 35.6 Å². The third-order valence-corrected chi connectivity index (χ3v) is 5.64. The van der Waals surface area contributed by atoms with Crippen molar-refractivity contribution in [3.63, 3.8) is 0 Å². The highest BCUT2D eigenvalue weighted by Gasteiger charge is 2.40. The Labute approximate surface area is 160 Å². The normalized spacial score (nSPS) is 21.6. The van der Waals surface area contributed by atoms with Gasteiger partial charge in [-0.3, -0.25) is 9.69 Å². The Hall–Kier alpha value is -1.54. The molecular formula is C20H30FN3O3. The first-order valence-electron chi connectivity index (χ1n) is 9.70. The summed E-state index contributed by atoms with van der Waals surface area (Å²) in [6, 6.07) is 6.57. The molecular weight excluding hydrogens is 349 g/mol. The van der Waals surface area contributed by atoms with Gasteiger partial charge in [-0.15, -0.1) is 0 Å². The molecule has 0 aromatic heterocycles. The lowest BCUT2D eigenvalue weighted by molar-refractivity contribution is -0.136. The fourth-order valence-electron chi connectivity index (χ4n) is 4.06. The van der Waals surface area contributed by atoms with E-state index in [2.05, 4.69) is 15.5 Å². The number of amides is 1. The number of hydrogen-bond acceptors (Lipinski definition) is 5. The number of halogens is 1. The average Bonchev–Trinajstić information content (AvgIpc) is 2.70. The van der Waals surface area contributed by atoms with Gasteiger partial charge in [0.05, 0.1) is 31.3 Å². The lowest BCUT2D eigenvalue weighted by atomic mass is 9.78. The lowest BCUT2D eigenvalue weighted by Gasteiger charge is -2.38. The number of hydrogen-bond donors (Lipinski definition) is 2. The highest BCUT2D eigenvalue weighted by atomic mass is 19.1. The predicted molar refractivity (Wildman–Crippen MR) is 101 cm³/mol. The van der Waals surface area contributed by atoms with Crippen molar-refractivity contribution >= 4 is 5.91 Å². The van der Waals surface area contributed by atoms with Crippen molar-refractivity contribution in [1.82, 2.24) is 15.5 Å². The first-order chi connectivity index (χ1) is 13.1. The predicted octanol–water partition coefficient (Wildman–Crippen LogP) is 1.33. The summed E-state index contributed by atoms with van der Waals surface area (Å²) in [5.74, 6) is -0.230. The van der Waals surface area contributed by atoms with E-state index in [0.717, 1.165) is 44.6 Å². The molecule has 2 fully saturated rings. The Bertz CT molecular complexity index is 611. The van der Waals surface area contributed by atoms with E-state index >= 15 is 0 Å². The van der Waals surface area contributed by atoms with E-state index < -0.39 is 5.41 Å². The molecule has 2 saturated heterocycles. The molecule has 6 nitrogen and oxygen atoms in total. The van der Waals surface area contributed by atoms with Crippen molar-refractivity contribution in [3.8, 4) is 0 Å². The van der Waals surface area contributed by atoms with Crippen LogP contribution in [0.3, 0.4) is 0 Å². The minimum absolute atomic E-state index is 0.0283. The number of benzene rings is 1. The molecule has 2 aliphatic heterocycles. The molecule has 0 bridgehead atoms. The quantitative estimate of drug-likeness (QED) is 0.749. The van der Waals surface area contributed by atoms with E-state index in [-0.39, 0.29) is 17.8 Å². The zero-order valence-corrected chi connectivity index (χ0v) is 16.0. The second-order valence-electron chi connectivity index (χ2n) is 7.39. The van der Waals surface area contributed by atoms with Crippen LogP contribution < -0.4 is 10.6 Å². The fraction of sp³-hybridized carbons (Fsp3) is 0.650. The van der Waals surface area contributed by atoms with Gasteiger partial charge in [-0.1, -0.05) is 12.1 Å². The minimum Gasteiger partial charge on any atom is -0.384 e. The second kappa shape index (κ2) is 9.59. The third-order valence-electron chi connectivity index (χ3n) is 5.64. The maximum absolute atomic E-state index is 13.8. The Balaban J connectivity index is 1.72. The summed E-state index contributed by atoms with van der Waals surface area (Å²) in [6.07, 6.45) is 1.52. The summed E-state index contributed by atoms with van der Waals surface area (Å²) >= 11 is 0. The first-order valence-corrected chi connectivity index (χ1v) is 9.70. The molecule has 0 aliphatic carbocycles. The Morgan fingerprint density at radius 1 is 1.37 bits per heavy atom. The molecule has 1 atom stereocenters. The molecule has 1 aromatic rings. The van der Waals surface area contributed by atoms with Crippen LogP contribution in [0.4, 0.5) is 4.39 Å². The molecule has 1 amide bonds. The highest BCUT2D eigenvalue weighted by Crippen LogP contribution is 2.30. The molecule has 1 unspecified atom stereocenters. The van der Waals surface area contributed by atoms with Crippen LogP contribution in [0.1, 0.15) is 24.4 Å². The number of rotatable bonds is 7. The monoisotopic (exact) mass is 379 g/mol. The van der Waals surface area contributed by atoms with Crippen LogP contribution in [0.2, 0.25) is 0 Å². The summed E-state index contributed by atoms with van der Waals surface area (Å²) in [4.78, 5) is 15.3. The van der Waals surface area contributed by atoms with Gasteiger partial charge in [-0.2, -0.15) is 0 Å². The molecule has 27 heavy (non-hydrogen) atoms. The van der Waals surface area contributed by atoms with E-state index in [1.165, 1.54) is 6.07 Å². The number of carbonyl (C=O) groups is 1. The van der Waals surface area contributed by atoms with Gasteiger partial charge in [0.2, 0.25) is 5.91 Å². The standard InChI is InChI=1S/C20H30FN3O3/c1-26-15-20(5-7-22-8-6-20)19(25)23-14-18(24-9-11-27-12-10-24)16-3-2-4-17(21)13-16/h2-4,13,18,22H,5-12,14-15H2,1H3,(H,23,25). The number of piperidine rings is 1. The van der Waals surface area contributed by atoms with Crippen LogP contribution in [-0.4, -0.2) is 70.5 Å². The first kappa shape index (κ1) is 20.2. The molecule has 2 aliphatic rings. The van der Waals surface area contributed by atoms with Gasteiger partial charge in [0.15, 0.2) is 0 Å². The van der Waals surface area contributed by atoms with Gasteiger partial charge in [-0.05, 0) is 43.6 Å². The van der Waals surface area contributed by atoms with Gasteiger partial charge in [0.25, 0.3) is 0 Å². The summed E-state index contributed by atoms with van der Waals surface area (Å²) in [5.41, 5.74) is 0.389. The summed E-state index contributed by atoms with van der Waals surface area (Å²) in [7, 11) is 1.64. The Kier molecular flexibility index (Phi) is 7.18. The maximum atomic E-state index is 13.8. The largest absolute Gasteiger partial charge is 0.384 e. The van der Waals surface area contributed by atoms with Gasteiger partial charge < -0.3 is 20.1 Å². The SMILES string of the molecule is COCC1(C(=O)NCC(c2cccc(F)c2)N2CCOCC2)CCNCC1. The Morgan fingerprint density at radius 2 is 2.11 bits per heavy atom. The van der Waals surface area contributed by atoms with Crippen molar-refractivity contribution in [2.45, 2.75) is 18.9 Å². The molecule has 0 saturated carbocycles. The molecule has 2 heterocycles. The summed E-state index contributed by atoms with van der Waals surface area (Å²) < 4.78 is 24.6. The van der Waals surface area contributed by atoms with Crippen LogP contribution in [0, 0.1) is 11.2 Å². The smallest absolute Gasteiger partial charge is 0.228 e. The van der Waals surface area contributed by atoms with Crippen molar-refractivity contribution in [2.24, 2.45) is 5.41 Å². The van der Waals surface area contributed by atoms with Crippen molar-refractivity contribution in [2.75, 3.05) is 59.7 Å². The third kappa shape index (κ3) is 5.04. The van der Waals surface area contributed by atoms with Crippen LogP contribution in [-0.2, 0) is 14.3 Å². The number of nitrogens with zero attached hydrogens (tertiary/aromatic N) is 1. The van der Waals surface area contributed by atoms with Crippen LogP contribution in [0.15, 0.2) is 24.3 Å².